The molecule has 1 fully saturated rings. The van der Waals surface area contributed by atoms with E-state index in [-0.39, 0.29) is 0 Å². The van der Waals surface area contributed by atoms with Gasteiger partial charge in [0.25, 0.3) is 0 Å². The monoisotopic (exact) mass is 228 g/mol. The summed E-state index contributed by atoms with van der Waals surface area (Å²) in [5.41, 5.74) is 0. The third-order valence-electron chi connectivity index (χ3n) is 2.94. The van der Waals surface area contributed by atoms with E-state index in [2.05, 4.69) is 5.32 Å². The molecule has 0 saturated carbocycles. The molecule has 1 saturated heterocycles. The van der Waals surface area contributed by atoms with Crippen molar-refractivity contribution >= 4 is 5.91 Å². The summed E-state index contributed by atoms with van der Waals surface area (Å²) in [7, 11) is 1.71. The van der Waals surface area contributed by atoms with Crippen LogP contribution < -0.4 is 5.32 Å². The number of nitrogens with one attached hydrogen (secondary N) is 1. The molecule has 1 amide bonds. The maximum absolute atomic E-state index is 11.7. The predicted octanol–water partition coefficient (Wildman–Crippen LogP) is 1.02. The van der Waals surface area contributed by atoms with E-state index in [0.29, 0.717) is 5.91 Å². The molecule has 4 heteroatoms. The van der Waals surface area contributed by atoms with Crippen LogP contribution in [0.3, 0.4) is 0 Å². The van der Waals surface area contributed by atoms with E-state index in [1.165, 1.54) is 12.8 Å². The minimum atomic E-state index is 0.342. The number of carbonyl (C=O) groups excluding carboxylic acids is 1. The summed E-state index contributed by atoms with van der Waals surface area (Å²) in [6.45, 7) is 4.47. The SMILES string of the molecule is COCCNCCCN1CCCCCC1=O. The molecule has 94 valence electrons. The number of nitrogens with zero attached hydrogens (tertiary/aromatic N) is 1. The number of likely N-dealkylation sites (tertiary alicyclic amines) is 1. The molecule has 0 spiro atoms. The van der Waals surface area contributed by atoms with E-state index in [1.54, 1.807) is 7.11 Å². The smallest absolute Gasteiger partial charge is 0.222 e. The number of carbonyl (C=O) groups is 1. The maximum atomic E-state index is 11.7. The van der Waals surface area contributed by atoms with E-state index in [4.69, 9.17) is 4.74 Å². The summed E-state index contributed by atoms with van der Waals surface area (Å²) >= 11 is 0. The zero-order chi connectivity index (χ0) is 11.6. The van der Waals surface area contributed by atoms with Crippen molar-refractivity contribution < 1.29 is 9.53 Å². The summed E-state index contributed by atoms with van der Waals surface area (Å²) < 4.78 is 4.94. The molecule has 16 heavy (non-hydrogen) atoms. The van der Waals surface area contributed by atoms with Crippen LogP contribution >= 0.6 is 0 Å². The largest absolute Gasteiger partial charge is 0.383 e. The molecular formula is C12H24N2O2. The number of hydrogen-bond donors (Lipinski definition) is 1. The Morgan fingerprint density at radius 3 is 3.00 bits per heavy atom. The van der Waals surface area contributed by atoms with Gasteiger partial charge in [-0.3, -0.25) is 4.79 Å². The van der Waals surface area contributed by atoms with Crippen LogP contribution in [0.25, 0.3) is 0 Å². The zero-order valence-electron chi connectivity index (χ0n) is 10.3. The van der Waals surface area contributed by atoms with E-state index >= 15 is 0 Å². The third-order valence-corrected chi connectivity index (χ3v) is 2.94. The molecule has 0 aromatic carbocycles. The topological polar surface area (TPSA) is 41.6 Å². The Morgan fingerprint density at radius 2 is 2.19 bits per heavy atom. The quantitative estimate of drug-likeness (QED) is 0.661. The van der Waals surface area contributed by atoms with E-state index < -0.39 is 0 Å². The van der Waals surface area contributed by atoms with E-state index in [0.717, 1.165) is 52.0 Å². The van der Waals surface area contributed by atoms with Crippen LogP contribution in [0.2, 0.25) is 0 Å². The van der Waals surface area contributed by atoms with Gasteiger partial charge in [0, 0.05) is 33.2 Å². The second-order valence-electron chi connectivity index (χ2n) is 4.29. The van der Waals surface area contributed by atoms with Gasteiger partial charge in [0.15, 0.2) is 0 Å². The molecule has 0 aromatic rings. The average Bonchev–Trinajstić information content (AvgIpc) is 2.49. The van der Waals surface area contributed by atoms with Crippen LogP contribution in [0, 0.1) is 0 Å². The minimum absolute atomic E-state index is 0.342. The van der Waals surface area contributed by atoms with Crippen molar-refractivity contribution in [3.8, 4) is 0 Å². The number of methoxy groups -OCH3 is 1. The van der Waals surface area contributed by atoms with Gasteiger partial charge >= 0.3 is 0 Å². The standard InChI is InChI=1S/C12H24N2O2/c1-16-11-8-13-7-5-10-14-9-4-2-3-6-12(14)15/h13H,2-11H2,1H3. The molecule has 0 aliphatic carbocycles. The maximum Gasteiger partial charge on any atom is 0.222 e. The first-order chi connectivity index (χ1) is 7.84. The van der Waals surface area contributed by atoms with Crippen molar-refractivity contribution in [1.29, 1.82) is 0 Å². The highest BCUT2D eigenvalue weighted by Crippen LogP contribution is 2.10. The number of rotatable bonds is 7. The molecule has 0 aromatic heterocycles. The normalized spacial score (nSPS) is 17.6. The summed E-state index contributed by atoms with van der Waals surface area (Å²) in [6.07, 6.45) is 5.23. The van der Waals surface area contributed by atoms with Crippen LogP contribution in [-0.2, 0) is 9.53 Å². The Labute approximate surface area is 98.3 Å². The van der Waals surface area contributed by atoms with Crippen molar-refractivity contribution in [3.63, 3.8) is 0 Å². The Morgan fingerprint density at radius 1 is 1.31 bits per heavy atom. The van der Waals surface area contributed by atoms with Crippen molar-refractivity contribution in [2.24, 2.45) is 0 Å². The van der Waals surface area contributed by atoms with Crippen molar-refractivity contribution in [1.82, 2.24) is 10.2 Å². The lowest BCUT2D eigenvalue weighted by atomic mass is 10.2. The zero-order valence-corrected chi connectivity index (χ0v) is 10.3. The first kappa shape index (κ1) is 13.5. The molecule has 1 rings (SSSR count). The van der Waals surface area contributed by atoms with Gasteiger partial charge < -0.3 is 15.0 Å². The molecule has 1 aliphatic rings. The molecule has 0 atom stereocenters. The Hall–Kier alpha value is -0.610. The van der Waals surface area contributed by atoms with Gasteiger partial charge in [-0.25, -0.2) is 0 Å². The molecular weight excluding hydrogens is 204 g/mol. The Kier molecular flexibility index (Phi) is 7.17. The lowest BCUT2D eigenvalue weighted by molar-refractivity contribution is -0.130. The lowest BCUT2D eigenvalue weighted by Crippen LogP contribution is -2.33. The fourth-order valence-electron chi connectivity index (χ4n) is 1.97. The van der Waals surface area contributed by atoms with Crippen LogP contribution in [0.1, 0.15) is 32.1 Å². The number of hydrogen-bond acceptors (Lipinski definition) is 3. The van der Waals surface area contributed by atoms with Gasteiger partial charge in [-0.1, -0.05) is 6.42 Å². The first-order valence-electron chi connectivity index (χ1n) is 6.32. The van der Waals surface area contributed by atoms with Crippen LogP contribution in [0.4, 0.5) is 0 Å². The van der Waals surface area contributed by atoms with Gasteiger partial charge in [-0.05, 0) is 25.8 Å². The number of amides is 1. The van der Waals surface area contributed by atoms with E-state index in [1.807, 2.05) is 4.90 Å². The summed E-state index contributed by atoms with van der Waals surface area (Å²) in [6, 6.07) is 0. The highest BCUT2D eigenvalue weighted by atomic mass is 16.5. The minimum Gasteiger partial charge on any atom is -0.383 e. The van der Waals surface area contributed by atoms with Crippen molar-refractivity contribution in [2.75, 3.05) is 39.9 Å². The summed E-state index contributed by atoms with van der Waals surface area (Å²) in [5, 5.41) is 3.29. The predicted molar refractivity (Wildman–Crippen MR) is 64.4 cm³/mol. The molecule has 0 unspecified atom stereocenters. The molecule has 4 nitrogen and oxygen atoms in total. The van der Waals surface area contributed by atoms with Crippen molar-refractivity contribution in [3.05, 3.63) is 0 Å². The van der Waals surface area contributed by atoms with Gasteiger partial charge in [0.2, 0.25) is 5.91 Å². The molecule has 0 bridgehead atoms. The molecule has 1 aliphatic heterocycles. The van der Waals surface area contributed by atoms with Crippen molar-refractivity contribution in [2.45, 2.75) is 32.1 Å². The fourth-order valence-corrected chi connectivity index (χ4v) is 1.97. The summed E-state index contributed by atoms with van der Waals surface area (Å²) in [5.74, 6) is 0.342. The van der Waals surface area contributed by atoms with Crippen LogP contribution in [0.15, 0.2) is 0 Å². The summed E-state index contributed by atoms with van der Waals surface area (Å²) in [4.78, 5) is 13.7. The Balaban J connectivity index is 2.04. The second kappa shape index (κ2) is 8.53. The highest BCUT2D eigenvalue weighted by molar-refractivity contribution is 5.76. The van der Waals surface area contributed by atoms with Gasteiger partial charge in [-0.2, -0.15) is 0 Å². The third kappa shape index (κ3) is 5.47. The Bertz CT molecular complexity index is 197. The van der Waals surface area contributed by atoms with Crippen LogP contribution in [0.5, 0.6) is 0 Å². The first-order valence-corrected chi connectivity index (χ1v) is 6.32. The fraction of sp³-hybridized carbons (Fsp3) is 0.917. The van der Waals surface area contributed by atoms with Gasteiger partial charge in [0.05, 0.1) is 6.61 Å². The lowest BCUT2D eigenvalue weighted by Gasteiger charge is -2.20. The molecule has 1 heterocycles. The highest BCUT2D eigenvalue weighted by Gasteiger charge is 2.15. The molecule has 0 radical (unpaired) electrons. The van der Waals surface area contributed by atoms with Gasteiger partial charge in [0.1, 0.15) is 0 Å². The average molecular weight is 228 g/mol. The van der Waals surface area contributed by atoms with Gasteiger partial charge in [-0.15, -0.1) is 0 Å². The molecule has 1 N–H and O–H groups in total. The second-order valence-corrected chi connectivity index (χ2v) is 4.29. The number of ether oxygens (including phenoxy) is 1. The van der Waals surface area contributed by atoms with Crippen LogP contribution in [-0.4, -0.2) is 50.7 Å². The van der Waals surface area contributed by atoms with E-state index in [9.17, 15) is 4.79 Å².